The van der Waals surface area contributed by atoms with Gasteiger partial charge in [-0.15, -0.1) is 0 Å². The number of amides is 1. The first kappa shape index (κ1) is 7.39. The Balaban J connectivity index is 2.81. The average Bonchev–Trinajstić information content (AvgIpc) is 1.66. The number of aliphatic hydroxyl groups excluding tert-OH is 1. The molecule has 1 amide bonds. The lowest BCUT2D eigenvalue weighted by molar-refractivity contribution is -0.122. The molecule has 0 unspecified atom stereocenters. The number of hydrogen-bond donors (Lipinski definition) is 2. The van der Waals surface area contributed by atoms with Crippen LogP contribution in [0.5, 0.6) is 0 Å². The van der Waals surface area contributed by atoms with Gasteiger partial charge in [-0.05, 0) is 6.92 Å². The molecule has 2 N–H and O–H groups in total. The second kappa shape index (κ2) is 4.55. The Hall–Kier alpha value is -0.610. The van der Waals surface area contributed by atoms with E-state index in [1.54, 1.807) is 6.92 Å². The van der Waals surface area contributed by atoms with Crippen LogP contribution in [0, 0.1) is 0 Å². The quantitative estimate of drug-likeness (QED) is 0.285. The van der Waals surface area contributed by atoms with Gasteiger partial charge in [-0.2, -0.15) is 0 Å². The molecule has 0 bridgehead atoms. The lowest BCUT2D eigenvalue weighted by atomic mass is 10.5. The minimum atomic E-state index is -0.539. The van der Waals surface area contributed by atoms with Gasteiger partial charge in [0.1, 0.15) is 6.61 Å². The largest absolute Gasteiger partial charge is 0.391 e. The van der Waals surface area contributed by atoms with Gasteiger partial charge in [-0.25, -0.2) is 5.48 Å². The zero-order chi connectivity index (χ0) is 6.41. The summed E-state index contributed by atoms with van der Waals surface area (Å²) in [6.07, 6.45) is -0.134. The Morgan fingerprint density at radius 3 is 3.00 bits per heavy atom. The Bertz CT molecular complexity index is 64.3. The van der Waals surface area contributed by atoms with Crippen LogP contribution in [0.3, 0.4) is 0 Å². The van der Waals surface area contributed by atoms with Crippen LogP contribution >= 0.6 is 0 Å². The third-order valence-corrected chi connectivity index (χ3v) is 0.456. The molecule has 48 valence electrons. The molecule has 4 heteroatoms. The molecule has 0 aromatic rings. The highest BCUT2D eigenvalue weighted by atomic mass is 16.7. The predicted molar refractivity (Wildman–Crippen MR) is 26.8 cm³/mol. The average molecular weight is 119 g/mol. The van der Waals surface area contributed by atoms with E-state index in [-0.39, 0.29) is 6.61 Å². The monoisotopic (exact) mass is 119 g/mol. The van der Waals surface area contributed by atoms with Gasteiger partial charge in [-0.1, -0.05) is 0 Å². The van der Waals surface area contributed by atoms with E-state index in [2.05, 4.69) is 4.84 Å². The van der Waals surface area contributed by atoms with Crippen molar-refractivity contribution in [1.82, 2.24) is 5.48 Å². The molecule has 4 nitrogen and oxygen atoms in total. The van der Waals surface area contributed by atoms with Gasteiger partial charge in [0.2, 0.25) is 6.41 Å². The van der Waals surface area contributed by atoms with Crippen molar-refractivity contribution >= 4 is 6.41 Å². The molecule has 0 aliphatic carbocycles. The summed E-state index contributed by atoms with van der Waals surface area (Å²) in [4.78, 5) is 13.8. The summed E-state index contributed by atoms with van der Waals surface area (Å²) in [5.74, 6) is 0. The molecule has 0 rings (SSSR count). The second-order valence-corrected chi connectivity index (χ2v) is 1.40. The minimum Gasteiger partial charge on any atom is -0.391 e. The number of carbonyl (C=O) groups excluding carboxylic acids is 1. The van der Waals surface area contributed by atoms with E-state index in [1.165, 1.54) is 0 Å². The maximum Gasteiger partial charge on any atom is 0.230 e. The van der Waals surface area contributed by atoms with Gasteiger partial charge in [-0.3, -0.25) is 9.63 Å². The molecule has 0 aromatic carbocycles. The number of hydrogen-bond acceptors (Lipinski definition) is 3. The first-order valence-electron chi connectivity index (χ1n) is 2.26. The molecule has 0 aliphatic heterocycles. The standard InChI is InChI=1S/C4H9NO3/c1-4(7)2-8-5-3-6/h3-4,7H,2H2,1H3,(H,5,6)/t4-/m0/s1. The second-order valence-electron chi connectivity index (χ2n) is 1.40. The molecule has 0 spiro atoms. The van der Waals surface area contributed by atoms with E-state index in [1.807, 2.05) is 5.48 Å². The summed E-state index contributed by atoms with van der Waals surface area (Å²) >= 11 is 0. The van der Waals surface area contributed by atoms with Crippen LogP contribution in [0.25, 0.3) is 0 Å². The molecule has 0 aromatic heterocycles. The van der Waals surface area contributed by atoms with E-state index in [4.69, 9.17) is 5.11 Å². The lowest BCUT2D eigenvalue weighted by Crippen LogP contribution is -2.19. The summed E-state index contributed by atoms with van der Waals surface area (Å²) in [5.41, 5.74) is 1.94. The number of aliphatic hydroxyl groups is 1. The number of nitrogens with one attached hydrogen (secondary N) is 1. The van der Waals surface area contributed by atoms with Gasteiger partial charge >= 0.3 is 0 Å². The Kier molecular flexibility index (Phi) is 4.20. The van der Waals surface area contributed by atoms with Crippen molar-refractivity contribution in [2.24, 2.45) is 0 Å². The topological polar surface area (TPSA) is 58.6 Å². The van der Waals surface area contributed by atoms with Gasteiger partial charge in [0.15, 0.2) is 0 Å². The molecule has 0 heterocycles. The minimum absolute atomic E-state index is 0.124. The van der Waals surface area contributed by atoms with Crippen LogP contribution in [-0.4, -0.2) is 24.2 Å². The first-order chi connectivity index (χ1) is 3.77. The van der Waals surface area contributed by atoms with Crippen LogP contribution in [-0.2, 0) is 9.63 Å². The molecule has 0 saturated carbocycles. The Labute approximate surface area is 47.4 Å². The Morgan fingerprint density at radius 2 is 2.62 bits per heavy atom. The fourth-order valence-corrected chi connectivity index (χ4v) is 0.203. The van der Waals surface area contributed by atoms with Gasteiger partial charge in [0.25, 0.3) is 0 Å². The Morgan fingerprint density at radius 1 is 2.00 bits per heavy atom. The summed E-state index contributed by atoms with van der Waals surface area (Å²) in [5, 5.41) is 8.50. The summed E-state index contributed by atoms with van der Waals surface area (Å²) < 4.78 is 0. The van der Waals surface area contributed by atoms with Crippen molar-refractivity contribution in [3.63, 3.8) is 0 Å². The molecular weight excluding hydrogens is 110 g/mol. The van der Waals surface area contributed by atoms with E-state index in [0.29, 0.717) is 6.41 Å². The highest BCUT2D eigenvalue weighted by molar-refractivity contribution is 5.43. The summed E-state index contributed by atoms with van der Waals surface area (Å²) in [7, 11) is 0. The first-order valence-corrected chi connectivity index (χ1v) is 2.26. The molecule has 0 saturated heterocycles. The van der Waals surface area contributed by atoms with Crippen molar-refractivity contribution in [2.75, 3.05) is 6.61 Å². The van der Waals surface area contributed by atoms with E-state index in [0.717, 1.165) is 0 Å². The van der Waals surface area contributed by atoms with Gasteiger partial charge in [0.05, 0.1) is 6.10 Å². The highest BCUT2D eigenvalue weighted by Crippen LogP contribution is 1.76. The van der Waals surface area contributed by atoms with E-state index >= 15 is 0 Å². The maximum atomic E-state index is 9.47. The highest BCUT2D eigenvalue weighted by Gasteiger charge is 1.91. The van der Waals surface area contributed by atoms with Crippen LogP contribution in [0.2, 0.25) is 0 Å². The lowest BCUT2D eigenvalue weighted by Gasteiger charge is -2.01. The van der Waals surface area contributed by atoms with Crippen LogP contribution in [0.15, 0.2) is 0 Å². The van der Waals surface area contributed by atoms with Crippen LogP contribution in [0.1, 0.15) is 6.92 Å². The van der Waals surface area contributed by atoms with Crippen molar-refractivity contribution in [3.8, 4) is 0 Å². The molecule has 1 atom stereocenters. The number of hydroxylamine groups is 1. The molecule has 8 heavy (non-hydrogen) atoms. The third-order valence-electron chi connectivity index (χ3n) is 0.456. The normalized spacial score (nSPS) is 12.8. The van der Waals surface area contributed by atoms with Gasteiger partial charge in [0, 0.05) is 0 Å². The summed E-state index contributed by atoms with van der Waals surface area (Å²) in [6, 6.07) is 0. The SMILES string of the molecule is C[C@H](O)CONC=O. The fraction of sp³-hybridized carbons (Fsp3) is 0.750. The van der Waals surface area contributed by atoms with Crippen molar-refractivity contribution in [3.05, 3.63) is 0 Å². The molecule has 0 aliphatic rings. The zero-order valence-corrected chi connectivity index (χ0v) is 4.63. The van der Waals surface area contributed by atoms with Crippen molar-refractivity contribution in [2.45, 2.75) is 13.0 Å². The van der Waals surface area contributed by atoms with Crippen LogP contribution in [0.4, 0.5) is 0 Å². The van der Waals surface area contributed by atoms with Gasteiger partial charge < -0.3 is 5.11 Å². The number of rotatable bonds is 4. The molecule has 0 radical (unpaired) electrons. The van der Waals surface area contributed by atoms with Crippen molar-refractivity contribution < 1.29 is 14.7 Å². The number of carbonyl (C=O) groups is 1. The van der Waals surface area contributed by atoms with Crippen LogP contribution < -0.4 is 5.48 Å². The van der Waals surface area contributed by atoms with Crippen molar-refractivity contribution in [1.29, 1.82) is 0 Å². The smallest absolute Gasteiger partial charge is 0.230 e. The maximum absolute atomic E-state index is 9.47. The summed E-state index contributed by atoms with van der Waals surface area (Å²) in [6.45, 7) is 1.69. The van der Waals surface area contributed by atoms with E-state index < -0.39 is 6.10 Å². The zero-order valence-electron chi connectivity index (χ0n) is 4.63. The third kappa shape index (κ3) is 5.39. The molecular formula is C4H9NO3. The molecule has 0 fully saturated rings. The predicted octanol–water partition coefficient (Wildman–Crippen LogP) is -0.955. The van der Waals surface area contributed by atoms with E-state index in [9.17, 15) is 4.79 Å². The fourth-order valence-electron chi connectivity index (χ4n) is 0.203.